The highest BCUT2D eigenvalue weighted by Crippen LogP contribution is 2.34. The maximum atomic E-state index is 12.8. The van der Waals surface area contributed by atoms with Crippen LogP contribution in [0.2, 0.25) is 5.02 Å². The Morgan fingerprint density at radius 3 is 3.00 bits per heavy atom. The van der Waals surface area contributed by atoms with E-state index in [1.54, 1.807) is 22.2 Å². The molecule has 0 radical (unpaired) electrons. The van der Waals surface area contributed by atoms with Gasteiger partial charge >= 0.3 is 0 Å². The maximum Gasteiger partial charge on any atom is 0.262 e. The van der Waals surface area contributed by atoms with Gasteiger partial charge in [-0.05, 0) is 36.5 Å². The Morgan fingerprint density at radius 1 is 1.29 bits per heavy atom. The molecule has 2 heterocycles. The van der Waals surface area contributed by atoms with Gasteiger partial charge in [-0.2, -0.15) is 0 Å². The molecule has 0 bridgehead atoms. The van der Waals surface area contributed by atoms with E-state index in [9.17, 15) is 4.79 Å². The first-order chi connectivity index (χ1) is 10.2. The van der Waals surface area contributed by atoms with Crippen molar-refractivity contribution in [1.29, 1.82) is 0 Å². The fraction of sp³-hybridized carbons (Fsp3) is 0.250. The van der Waals surface area contributed by atoms with E-state index in [1.807, 2.05) is 24.3 Å². The molecule has 0 aliphatic heterocycles. The fourth-order valence-corrected chi connectivity index (χ4v) is 4.36. The summed E-state index contributed by atoms with van der Waals surface area (Å²) in [5.74, 6) is 0. The Kier molecular flexibility index (Phi) is 3.08. The highest BCUT2D eigenvalue weighted by Gasteiger charge is 2.21. The molecule has 5 heteroatoms. The molecular formula is C16H13ClN2OS. The maximum absolute atomic E-state index is 12.8. The summed E-state index contributed by atoms with van der Waals surface area (Å²) < 4.78 is 1.66. The molecule has 4 rings (SSSR count). The number of fused-ring (bicyclic) bond motifs is 3. The quantitative estimate of drug-likeness (QED) is 0.723. The standard InChI is InChI=1S/C16H13ClN2OS/c17-12-6-2-1-4-10(12)8-19-9-18-15-14(16(19)20)11-5-3-7-13(11)21-15/h1-2,4,6,9H,3,5,7-8H2. The normalized spacial score (nSPS) is 13.8. The van der Waals surface area contributed by atoms with Crippen molar-refractivity contribution in [1.82, 2.24) is 9.55 Å². The number of thiophene rings is 1. The largest absolute Gasteiger partial charge is 0.294 e. The predicted molar refractivity (Wildman–Crippen MR) is 86.5 cm³/mol. The molecule has 0 spiro atoms. The van der Waals surface area contributed by atoms with Crippen LogP contribution >= 0.6 is 22.9 Å². The van der Waals surface area contributed by atoms with E-state index in [2.05, 4.69) is 4.98 Å². The molecule has 0 unspecified atom stereocenters. The Bertz CT molecular complexity index is 897. The first-order valence-electron chi connectivity index (χ1n) is 6.97. The van der Waals surface area contributed by atoms with Crippen molar-refractivity contribution in [3.05, 3.63) is 62.0 Å². The van der Waals surface area contributed by atoms with Crippen molar-refractivity contribution >= 4 is 33.2 Å². The molecule has 0 atom stereocenters. The summed E-state index contributed by atoms with van der Waals surface area (Å²) in [5.41, 5.74) is 2.22. The lowest BCUT2D eigenvalue weighted by Gasteiger charge is -2.07. The zero-order valence-corrected chi connectivity index (χ0v) is 12.9. The topological polar surface area (TPSA) is 34.9 Å². The zero-order chi connectivity index (χ0) is 14.4. The number of aryl methyl sites for hydroxylation is 2. The Morgan fingerprint density at radius 2 is 2.14 bits per heavy atom. The summed E-state index contributed by atoms with van der Waals surface area (Å²) in [6.45, 7) is 0.464. The molecule has 1 aliphatic rings. The molecule has 1 aliphatic carbocycles. The van der Waals surface area contributed by atoms with E-state index in [1.165, 1.54) is 10.4 Å². The molecule has 0 amide bonds. The fourth-order valence-electron chi connectivity index (χ4n) is 2.94. The molecule has 21 heavy (non-hydrogen) atoms. The van der Waals surface area contributed by atoms with Crippen molar-refractivity contribution in [2.45, 2.75) is 25.8 Å². The molecule has 0 saturated carbocycles. The molecule has 3 aromatic rings. The minimum Gasteiger partial charge on any atom is -0.294 e. The second-order valence-electron chi connectivity index (χ2n) is 5.31. The second-order valence-corrected chi connectivity index (χ2v) is 6.80. The lowest BCUT2D eigenvalue weighted by Crippen LogP contribution is -2.21. The molecule has 0 N–H and O–H groups in total. The predicted octanol–water partition coefficient (Wildman–Crippen LogP) is 3.65. The number of benzene rings is 1. The second kappa shape index (κ2) is 4.97. The third kappa shape index (κ3) is 2.10. The van der Waals surface area contributed by atoms with Crippen LogP contribution in [0.5, 0.6) is 0 Å². The summed E-state index contributed by atoms with van der Waals surface area (Å²) in [6.07, 6.45) is 4.87. The highest BCUT2D eigenvalue weighted by atomic mass is 35.5. The van der Waals surface area contributed by atoms with Gasteiger partial charge in [-0.15, -0.1) is 11.3 Å². The van der Waals surface area contributed by atoms with Crippen LogP contribution in [0.3, 0.4) is 0 Å². The molecular weight excluding hydrogens is 304 g/mol. The zero-order valence-electron chi connectivity index (χ0n) is 11.3. The summed E-state index contributed by atoms with van der Waals surface area (Å²) in [5, 5.41) is 1.50. The third-order valence-corrected chi connectivity index (χ3v) is 5.56. The first-order valence-corrected chi connectivity index (χ1v) is 8.16. The van der Waals surface area contributed by atoms with E-state index in [0.717, 1.165) is 35.0 Å². The number of hydrogen-bond acceptors (Lipinski definition) is 3. The number of hydrogen-bond donors (Lipinski definition) is 0. The van der Waals surface area contributed by atoms with Crippen molar-refractivity contribution in [2.75, 3.05) is 0 Å². The first kappa shape index (κ1) is 13.0. The van der Waals surface area contributed by atoms with Gasteiger partial charge in [0.15, 0.2) is 0 Å². The highest BCUT2D eigenvalue weighted by molar-refractivity contribution is 7.18. The number of aromatic nitrogens is 2. The van der Waals surface area contributed by atoms with Gasteiger partial charge in [-0.1, -0.05) is 29.8 Å². The summed E-state index contributed by atoms with van der Waals surface area (Å²) in [7, 11) is 0. The monoisotopic (exact) mass is 316 g/mol. The van der Waals surface area contributed by atoms with Crippen LogP contribution in [-0.2, 0) is 19.4 Å². The third-order valence-electron chi connectivity index (χ3n) is 3.99. The lowest BCUT2D eigenvalue weighted by molar-refractivity contribution is 0.748. The minimum atomic E-state index is 0.0549. The van der Waals surface area contributed by atoms with Crippen LogP contribution in [0.25, 0.3) is 10.2 Å². The van der Waals surface area contributed by atoms with E-state index in [4.69, 9.17) is 11.6 Å². The van der Waals surface area contributed by atoms with Crippen LogP contribution in [0.15, 0.2) is 35.4 Å². The van der Waals surface area contributed by atoms with E-state index in [0.29, 0.717) is 11.6 Å². The van der Waals surface area contributed by atoms with Gasteiger partial charge in [0.25, 0.3) is 5.56 Å². The van der Waals surface area contributed by atoms with Gasteiger partial charge in [-0.3, -0.25) is 9.36 Å². The van der Waals surface area contributed by atoms with Crippen LogP contribution in [0.1, 0.15) is 22.4 Å². The minimum absolute atomic E-state index is 0.0549. The van der Waals surface area contributed by atoms with E-state index >= 15 is 0 Å². The smallest absolute Gasteiger partial charge is 0.262 e. The Hall–Kier alpha value is -1.65. The summed E-state index contributed by atoms with van der Waals surface area (Å²) in [4.78, 5) is 19.4. The van der Waals surface area contributed by atoms with Gasteiger partial charge in [0.2, 0.25) is 0 Å². The average molecular weight is 317 g/mol. The van der Waals surface area contributed by atoms with Gasteiger partial charge in [0.1, 0.15) is 4.83 Å². The van der Waals surface area contributed by atoms with Gasteiger partial charge in [0.05, 0.1) is 18.3 Å². The van der Waals surface area contributed by atoms with Crippen LogP contribution < -0.4 is 5.56 Å². The molecule has 0 saturated heterocycles. The van der Waals surface area contributed by atoms with Crippen LogP contribution in [0, 0.1) is 0 Å². The lowest BCUT2D eigenvalue weighted by atomic mass is 10.2. The Balaban J connectivity index is 1.85. The van der Waals surface area contributed by atoms with E-state index in [-0.39, 0.29) is 5.56 Å². The van der Waals surface area contributed by atoms with Crippen molar-refractivity contribution < 1.29 is 0 Å². The SMILES string of the molecule is O=c1c2c3c(sc2ncn1Cc1ccccc1Cl)CCC3. The van der Waals surface area contributed by atoms with Gasteiger partial charge in [-0.25, -0.2) is 4.98 Å². The number of halogens is 1. The summed E-state index contributed by atoms with van der Waals surface area (Å²) in [6, 6.07) is 7.61. The molecule has 1 aromatic carbocycles. The molecule has 2 aromatic heterocycles. The van der Waals surface area contributed by atoms with Crippen LogP contribution in [-0.4, -0.2) is 9.55 Å². The Labute approximate surface area is 130 Å². The van der Waals surface area contributed by atoms with Crippen molar-refractivity contribution in [2.24, 2.45) is 0 Å². The van der Waals surface area contributed by atoms with Crippen LogP contribution in [0.4, 0.5) is 0 Å². The number of rotatable bonds is 2. The van der Waals surface area contributed by atoms with Gasteiger partial charge in [0, 0.05) is 9.90 Å². The van der Waals surface area contributed by atoms with Gasteiger partial charge < -0.3 is 0 Å². The number of nitrogens with zero attached hydrogens (tertiary/aromatic N) is 2. The van der Waals surface area contributed by atoms with Crippen molar-refractivity contribution in [3.8, 4) is 0 Å². The molecule has 3 nitrogen and oxygen atoms in total. The van der Waals surface area contributed by atoms with Crippen molar-refractivity contribution in [3.63, 3.8) is 0 Å². The molecule has 0 fully saturated rings. The molecule has 106 valence electrons. The summed E-state index contributed by atoms with van der Waals surface area (Å²) >= 11 is 7.85. The van der Waals surface area contributed by atoms with E-state index < -0.39 is 0 Å². The average Bonchev–Trinajstić information content (AvgIpc) is 3.04.